The van der Waals surface area contributed by atoms with Crippen molar-refractivity contribution in [1.29, 1.82) is 0 Å². The minimum Gasteiger partial charge on any atom is -0.409 e. The van der Waals surface area contributed by atoms with Crippen molar-refractivity contribution in [3.8, 4) is 0 Å². The van der Waals surface area contributed by atoms with Crippen LogP contribution < -0.4 is 10.6 Å². The summed E-state index contributed by atoms with van der Waals surface area (Å²) in [4.78, 5) is 2.43. The van der Waals surface area contributed by atoms with E-state index >= 15 is 0 Å². The summed E-state index contributed by atoms with van der Waals surface area (Å²) in [5, 5.41) is 12.9. The molecule has 1 aromatic rings. The van der Waals surface area contributed by atoms with E-state index < -0.39 is 0 Å². The lowest BCUT2D eigenvalue weighted by Crippen LogP contribution is -2.36. The monoisotopic (exact) mass is 307 g/mol. The van der Waals surface area contributed by atoms with Gasteiger partial charge in [-0.2, -0.15) is 0 Å². The topological polar surface area (TPSA) is 61.9 Å². The highest BCUT2D eigenvalue weighted by Crippen LogP contribution is 2.39. The highest BCUT2D eigenvalue weighted by molar-refractivity contribution is 6.31. The van der Waals surface area contributed by atoms with E-state index in [9.17, 15) is 0 Å². The predicted octanol–water partition coefficient (Wildman–Crippen LogP) is 3.59. The summed E-state index contributed by atoms with van der Waals surface area (Å²) in [6.45, 7) is 1.02. The zero-order valence-corrected chi connectivity index (χ0v) is 12.9. The van der Waals surface area contributed by atoms with Crippen LogP contribution in [0.25, 0.3) is 0 Å². The average Bonchev–Trinajstić information content (AvgIpc) is 3.16. The molecule has 21 heavy (non-hydrogen) atoms. The molecule has 0 bridgehead atoms. The van der Waals surface area contributed by atoms with Gasteiger partial charge >= 0.3 is 0 Å². The lowest BCUT2D eigenvalue weighted by Gasteiger charge is -2.32. The van der Waals surface area contributed by atoms with E-state index in [0.717, 1.165) is 23.7 Å². The number of nitrogens with two attached hydrogens (primary N) is 1. The second-order valence-electron chi connectivity index (χ2n) is 6.09. The van der Waals surface area contributed by atoms with Crippen molar-refractivity contribution < 1.29 is 5.21 Å². The molecule has 5 heteroatoms. The fourth-order valence-electron chi connectivity index (χ4n) is 3.94. The molecular formula is C16H22ClN3O. The van der Waals surface area contributed by atoms with Gasteiger partial charge in [0.2, 0.25) is 0 Å². The Bertz CT molecular complexity index is 540. The molecule has 1 aliphatic heterocycles. The Morgan fingerprint density at radius 1 is 1.24 bits per heavy atom. The molecule has 0 amide bonds. The number of amidine groups is 1. The van der Waals surface area contributed by atoms with Crippen molar-refractivity contribution in [3.05, 3.63) is 28.8 Å². The quantitative estimate of drug-likeness (QED) is 0.388. The standard InChI is InChI=1S/C16H22ClN3O/c17-12-7-8-13(16(18)19-21)15(10-12)20-9-3-6-14(20)11-4-1-2-5-11/h7-8,10-11,14,21H,1-6,9H2,(H2,18,19). The number of benzene rings is 1. The number of hydrogen-bond donors (Lipinski definition) is 2. The number of nitrogens with zero attached hydrogens (tertiary/aromatic N) is 2. The molecule has 3 N–H and O–H groups in total. The highest BCUT2D eigenvalue weighted by Gasteiger charge is 2.34. The summed E-state index contributed by atoms with van der Waals surface area (Å²) in [6.07, 6.45) is 7.76. The predicted molar refractivity (Wildman–Crippen MR) is 86.3 cm³/mol. The van der Waals surface area contributed by atoms with Crippen molar-refractivity contribution in [2.24, 2.45) is 16.8 Å². The first-order valence-corrected chi connectivity index (χ1v) is 8.12. The average molecular weight is 308 g/mol. The number of anilines is 1. The van der Waals surface area contributed by atoms with Crippen LogP contribution in [0.5, 0.6) is 0 Å². The largest absolute Gasteiger partial charge is 0.409 e. The van der Waals surface area contributed by atoms with Crippen LogP contribution in [0.3, 0.4) is 0 Å². The summed E-state index contributed by atoms with van der Waals surface area (Å²) < 4.78 is 0. The first kappa shape index (κ1) is 14.5. The number of rotatable bonds is 3. The van der Waals surface area contributed by atoms with Crippen molar-refractivity contribution in [1.82, 2.24) is 0 Å². The second kappa shape index (κ2) is 6.14. The van der Waals surface area contributed by atoms with Crippen LogP contribution in [0.15, 0.2) is 23.4 Å². The first-order chi connectivity index (χ1) is 10.2. The van der Waals surface area contributed by atoms with Crippen LogP contribution in [0, 0.1) is 5.92 Å². The third kappa shape index (κ3) is 2.82. The van der Waals surface area contributed by atoms with Gasteiger partial charge in [-0.3, -0.25) is 0 Å². The first-order valence-electron chi connectivity index (χ1n) is 7.75. The van der Waals surface area contributed by atoms with Gasteiger partial charge in [0, 0.05) is 28.9 Å². The molecule has 0 radical (unpaired) electrons. The van der Waals surface area contributed by atoms with Gasteiger partial charge < -0.3 is 15.8 Å². The maximum absolute atomic E-state index is 9.01. The van der Waals surface area contributed by atoms with Crippen LogP contribution in [0.1, 0.15) is 44.1 Å². The molecule has 3 rings (SSSR count). The summed E-state index contributed by atoms with van der Waals surface area (Å²) in [7, 11) is 0. The molecule has 1 unspecified atom stereocenters. The number of halogens is 1. The molecular weight excluding hydrogens is 286 g/mol. The Hall–Kier alpha value is -1.42. The highest BCUT2D eigenvalue weighted by atomic mass is 35.5. The molecule has 0 aromatic heterocycles. The summed E-state index contributed by atoms with van der Waals surface area (Å²) >= 11 is 6.18. The van der Waals surface area contributed by atoms with Gasteiger partial charge in [-0.05, 0) is 49.8 Å². The maximum atomic E-state index is 9.01. The van der Waals surface area contributed by atoms with Crippen LogP contribution in [0.4, 0.5) is 5.69 Å². The molecule has 4 nitrogen and oxygen atoms in total. The third-order valence-electron chi connectivity index (χ3n) is 4.90. The molecule has 0 spiro atoms. The van der Waals surface area contributed by atoms with Crippen LogP contribution in [0.2, 0.25) is 5.02 Å². The Kier molecular flexibility index (Phi) is 4.24. The number of oxime groups is 1. The van der Waals surface area contributed by atoms with Gasteiger partial charge in [-0.25, -0.2) is 0 Å². The minimum atomic E-state index is 0.152. The minimum absolute atomic E-state index is 0.152. The zero-order chi connectivity index (χ0) is 14.8. The SMILES string of the molecule is NC(=NO)c1ccc(Cl)cc1N1CCCC1C1CCCC1. The molecule has 2 aliphatic rings. The molecule has 114 valence electrons. The van der Waals surface area contributed by atoms with E-state index in [1.165, 1.54) is 38.5 Å². The van der Waals surface area contributed by atoms with E-state index in [-0.39, 0.29) is 5.84 Å². The second-order valence-corrected chi connectivity index (χ2v) is 6.53. The van der Waals surface area contributed by atoms with Gasteiger partial charge in [0.25, 0.3) is 0 Å². The van der Waals surface area contributed by atoms with E-state index in [4.69, 9.17) is 22.5 Å². The molecule has 2 fully saturated rings. The van der Waals surface area contributed by atoms with Crippen molar-refractivity contribution in [3.63, 3.8) is 0 Å². The van der Waals surface area contributed by atoms with Gasteiger partial charge in [-0.15, -0.1) is 0 Å². The van der Waals surface area contributed by atoms with Crippen molar-refractivity contribution in [2.45, 2.75) is 44.6 Å². The van der Waals surface area contributed by atoms with E-state index in [1.54, 1.807) is 6.07 Å². The van der Waals surface area contributed by atoms with Gasteiger partial charge in [0.05, 0.1) is 0 Å². The summed E-state index contributed by atoms with van der Waals surface area (Å²) in [6, 6.07) is 6.15. The summed E-state index contributed by atoms with van der Waals surface area (Å²) in [5.41, 5.74) is 7.62. The molecule has 1 heterocycles. The molecule has 1 saturated heterocycles. The Morgan fingerprint density at radius 2 is 2.00 bits per heavy atom. The summed E-state index contributed by atoms with van der Waals surface area (Å²) in [5.74, 6) is 0.922. The maximum Gasteiger partial charge on any atom is 0.172 e. The molecule has 1 saturated carbocycles. The Balaban J connectivity index is 1.96. The number of hydrogen-bond acceptors (Lipinski definition) is 3. The Labute approximate surface area is 130 Å². The van der Waals surface area contributed by atoms with Gasteiger partial charge in [-0.1, -0.05) is 29.6 Å². The molecule has 1 aliphatic carbocycles. The fraction of sp³-hybridized carbons (Fsp3) is 0.562. The van der Waals surface area contributed by atoms with E-state index in [0.29, 0.717) is 11.1 Å². The van der Waals surface area contributed by atoms with E-state index in [1.807, 2.05) is 12.1 Å². The molecule has 1 atom stereocenters. The van der Waals surface area contributed by atoms with Gasteiger partial charge in [0.15, 0.2) is 5.84 Å². The van der Waals surface area contributed by atoms with Crippen molar-refractivity contribution in [2.75, 3.05) is 11.4 Å². The third-order valence-corrected chi connectivity index (χ3v) is 5.13. The van der Waals surface area contributed by atoms with Crippen LogP contribution in [-0.4, -0.2) is 23.6 Å². The van der Waals surface area contributed by atoms with Crippen molar-refractivity contribution >= 4 is 23.1 Å². The fourth-order valence-corrected chi connectivity index (χ4v) is 4.10. The lowest BCUT2D eigenvalue weighted by molar-refractivity contribution is 0.318. The smallest absolute Gasteiger partial charge is 0.172 e. The van der Waals surface area contributed by atoms with E-state index in [2.05, 4.69) is 10.1 Å². The van der Waals surface area contributed by atoms with Crippen LogP contribution >= 0.6 is 11.6 Å². The van der Waals surface area contributed by atoms with Gasteiger partial charge in [0.1, 0.15) is 0 Å². The Morgan fingerprint density at radius 3 is 2.71 bits per heavy atom. The molecule has 1 aromatic carbocycles. The normalized spacial score (nSPS) is 24.0. The van der Waals surface area contributed by atoms with Crippen LogP contribution in [-0.2, 0) is 0 Å². The lowest BCUT2D eigenvalue weighted by atomic mass is 9.95. The zero-order valence-electron chi connectivity index (χ0n) is 12.1.